The molecule has 0 spiro atoms. The van der Waals surface area contributed by atoms with E-state index < -0.39 is 0 Å². The van der Waals surface area contributed by atoms with Crippen LogP contribution in [-0.2, 0) is 0 Å². The molecule has 0 saturated heterocycles. The lowest BCUT2D eigenvalue weighted by Gasteiger charge is -2.16. The molecule has 0 aromatic carbocycles. The minimum Gasteiger partial charge on any atom is -0.327 e. The molecular weight excluding hydrogens is 196 g/mol. The van der Waals surface area contributed by atoms with Crippen LogP contribution in [0.2, 0.25) is 0 Å². The quantitative estimate of drug-likeness (QED) is 0.769. The highest BCUT2D eigenvalue weighted by molar-refractivity contribution is 5.12. The lowest BCUT2D eigenvalue weighted by molar-refractivity contribution is 0.423. The second-order valence-electron chi connectivity index (χ2n) is 7.01. The van der Waals surface area contributed by atoms with E-state index in [-0.39, 0.29) is 0 Å². The van der Waals surface area contributed by atoms with Crippen molar-refractivity contribution < 1.29 is 0 Å². The number of nitrogens with one attached hydrogen (secondary N) is 1. The molecule has 2 saturated carbocycles. The molecule has 2 atom stereocenters. The van der Waals surface area contributed by atoms with E-state index in [1.54, 1.807) is 0 Å². The van der Waals surface area contributed by atoms with Gasteiger partial charge in [0.2, 0.25) is 0 Å². The SMILES string of the molecule is CC1(C)C(CNCC2CCCC2N)C1(C)C. The van der Waals surface area contributed by atoms with Gasteiger partial charge in [-0.3, -0.25) is 0 Å². The van der Waals surface area contributed by atoms with Crippen LogP contribution in [0.15, 0.2) is 0 Å². The van der Waals surface area contributed by atoms with Crippen molar-refractivity contribution in [2.45, 2.75) is 53.0 Å². The van der Waals surface area contributed by atoms with Gasteiger partial charge in [0.15, 0.2) is 0 Å². The molecule has 0 amide bonds. The zero-order valence-corrected chi connectivity index (χ0v) is 11.3. The Labute approximate surface area is 100 Å². The van der Waals surface area contributed by atoms with Crippen LogP contribution in [0.1, 0.15) is 47.0 Å². The van der Waals surface area contributed by atoms with Gasteiger partial charge in [0, 0.05) is 6.04 Å². The Morgan fingerprint density at radius 3 is 2.12 bits per heavy atom. The molecule has 0 aromatic rings. The van der Waals surface area contributed by atoms with E-state index in [9.17, 15) is 0 Å². The van der Waals surface area contributed by atoms with Crippen molar-refractivity contribution in [3.8, 4) is 0 Å². The third kappa shape index (κ3) is 1.91. The van der Waals surface area contributed by atoms with Crippen LogP contribution in [0.4, 0.5) is 0 Å². The molecule has 2 aliphatic carbocycles. The molecule has 0 radical (unpaired) electrons. The van der Waals surface area contributed by atoms with Crippen LogP contribution >= 0.6 is 0 Å². The van der Waals surface area contributed by atoms with Gasteiger partial charge in [-0.2, -0.15) is 0 Å². The molecule has 2 nitrogen and oxygen atoms in total. The monoisotopic (exact) mass is 224 g/mol. The molecule has 0 heterocycles. The first kappa shape index (κ1) is 12.4. The highest BCUT2D eigenvalue weighted by Crippen LogP contribution is 2.67. The molecule has 3 N–H and O–H groups in total. The predicted molar refractivity (Wildman–Crippen MR) is 69.2 cm³/mol. The van der Waals surface area contributed by atoms with E-state index in [4.69, 9.17) is 5.73 Å². The average Bonchev–Trinajstić information content (AvgIpc) is 2.52. The summed E-state index contributed by atoms with van der Waals surface area (Å²) in [6, 6.07) is 0.452. The fraction of sp³-hybridized carbons (Fsp3) is 1.00. The molecule has 0 aliphatic heterocycles. The highest BCUT2D eigenvalue weighted by atomic mass is 14.9. The molecule has 2 aliphatic rings. The van der Waals surface area contributed by atoms with Crippen molar-refractivity contribution in [3.63, 3.8) is 0 Å². The fourth-order valence-corrected chi connectivity index (χ4v) is 3.58. The minimum atomic E-state index is 0.452. The maximum atomic E-state index is 6.08. The van der Waals surface area contributed by atoms with E-state index in [0.29, 0.717) is 16.9 Å². The van der Waals surface area contributed by atoms with Crippen LogP contribution in [0.3, 0.4) is 0 Å². The summed E-state index contributed by atoms with van der Waals surface area (Å²) in [4.78, 5) is 0. The van der Waals surface area contributed by atoms with Crippen molar-refractivity contribution in [2.75, 3.05) is 13.1 Å². The first-order valence-corrected chi connectivity index (χ1v) is 6.83. The summed E-state index contributed by atoms with van der Waals surface area (Å²) < 4.78 is 0. The normalized spacial score (nSPS) is 36.6. The molecule has 2 unspecified atom stereocenters. The summed E-state index contributed by atoms with van der Waals surface area (Å²) in [5.74, 6) is 1.56. The third-order valence-electron chi connectivity index (χ3n) is 5.79. The zero-order chi connectivity index (χ0) is 12.0. The number of nitrogens with two attached hydrogens (primary N) is 1. The summed E-state index contributed by atoms with van der Waals surface area (Å²) in [5, 5.41) is 3.65. The Hall–Kier alpha value is -0.0800. The smallest absolute Gasteiger partial charge is 0.00792 e. The van der Waals surface area contributed by atoms with Crippen molar-refractivity contribution in [1.82, 2.24) is 5.32 Å². The zero-order valence-electron chi connectivity index (χ0n) is 11.3. The molecule has 16 heavy (non-hydrogen) atoms. The molecule has 94 valence electrons. The molecule has 2 rings (SSSR count). The summed E-state index contributed by atoms with van der Waals surface area (Å²) in [5.41, 5.74) is 7.10. The van der Waals surface area contributed by atoms with Crippen molar-refractivity contribution in [2.24, 2.45) is 28.4 Å². The lowest BCUT2D eigenvalue weighted by atomic mass is 10.0. The Bertz CT molecular complexity index is 243. The number of hydrogen-bond donors (Lipinski definition) is 2. The van der Waals surface area contributed by atoms with Crippen LogP contribution in [0.5, 0.6) is 0 Å². The van der Waals surface area contributed by atoms with E-state index in [1.807, 2.05) is 0 Å². The first-order valence-electron chi connectivity index (χ1n) is 6.83. The van der Waals surface area contributed by atoms with Gasteiger partial charge in [0.05, 0.1) is 0 Å². The molecule has 2 heteroatoms. The standard InChI is InChI=1S/C14H28N2/c1-13(2)12(14(13,3)4)9-16-8-10-6-5-7-11(10)15/h10-12,16H,5-9,15H2,1-4H3. The summed E-state index contributed by atoms with van der Waals surface area (Å²) in [7, 11) is 0. The van der Waals surface area contributed by atoms with E-state index in [2.05, 4.69) is 33.0 Å². The van der Waals surface area contributed by atoms with Gasteiger partial charge >= 0.3 is 0 Å². The van der Waals surface area contributed by atoms with Crippen LogP contribution < -0.4 is 11.1 Å². The summed E-state index contributed by atoms with van der Waals surface area (Å²) >= 11 is 0. The highest BCUT2D eigenvalue weighted by Gasteiger charge is 2.63. The first-order chi connectivity index (χ1) is 7.37. The second-order valence-corrected chi connectivity index (χ2v) is 7.01. The van der Waals surface area contributed by atoms with Crippen LogP contribution in [0, 0.1) is 22.7 Å². The Morgan fingerprint density at radius 1 is 1.06 bits per heavy atom. The fourth-order valence-electron chi connectivity index (χ4n) is 3.58. The second kappa shape index (κ2) is 3.99. The van der Waals surface area contributed by atoms with Gasteiger partial charge in [-0.15, -0.1) is 0 Å². The maximum absolute atomic E-state index is 6.08. The largest absolute Gasteiger partial charge is 0.327 e. The topological polar surface area (TPSA) is 38.0 Å². The predicted octanol–water partition coefficient (Wildman–Crippen LogP) is 2.39. The average molecular weight is 224 g/mol. The van der Waals surface area contributed by atoms with Gasteiger partial charge in [-0.05, 0) is 48.6 Å². The number of rotatable bonds is 4. The molecule has 2 fully saturated rings. The Balaban J connectivity index is 1.70. The van der Waals surface area contributed by atoms with E-state index in [1.165, 1.54) is 25.8 Å². The van der Waals surface area contributed by atoms with Gasteiger partial charge in [0.1, 0.15) is 0 Å². The van der Waals surface area contributed by atoms with Crippen molar-refractivity contribution >= 4 is 0 Å². The minimum absolute atomic E-state index is 0.452. The van der Waals surface area contributed by atoms with E-state index in [0.717, 1.165) is 18.4 Å². The Morgan fingerprint density at radius 2 is 1.69 bits per heavy atom. The van der Waals surface area contributed by atoms with Gasteiger partial charge in [0.25, 0.3) is 0 Å². The van der Waals surface area contributed by atoms with Crippen LogP contribution in [-0.4, -0.2) is 19.1 Å². The van der Waals surface area contributed by atoms with Gasteiger partial charge in [-0.1, -0.05) is 34.1 Å². The summed E-state index contributed by atoms with van der Waals surface area (Å²) in [6.45, 7) is 11.9. The lowest BCUT2D eigenvalue weighted by Crippen LogP contribution is -2.34. The van der Waals surface area contributed by atoms with Crippen molar-refractivity contribution in [1.29, 1.82) is 0 Å². The summed E-state index contributed by atoms with van der Waals surface area (Å²) in [6.07, 6.45) is 3.88. The Kier molecular flexibility index (Phi) is 3.09. The van der Waals surface area contributed by atoms with Crippen LogP contribution in [0.25, 0.3) is 0 Å². The van der Waals surface area contributed by atoms with Crippen molar-refractivity contribution in [3.05, 3.63) is 0 Å². The molecule has 0 bridgehead atoms. The maximum Gasteiger partial charge on any atom is 0.00792 e. The third-order valence-corrected chi connectivity index (χ3v) is 5.79. The molecule has 0 aromatic heterocycles. The number of hydrogen-bond acceptors (Lipinski definition) is 2. The van der Waals surface area contributed by atoms with Gasteiger partial charge < -0.3 is 11.1 Å². The van der Waals surface area contributed by atoms with Gasteiger partial charge in [-0.25, -0.2) is 0 Å². The molecular formula is C14H28N2. The van der Waals surface area contributed by atoms with E-state index >= 15 is 0 Å².